The summed E-state index contributed by atoms with van der Waals surface area (Å²) in [4.78, 5) is 47.6. The summed E-state index contributed by atoms with van der Waals surface area (Å²) in [6.07, 6.45) is -0.0722. The number of benzene rings is 4. The van der Waals surface area contributed by atoms with Crippen molar-refractivity contribution in [3.8, 4) is 0 Å². The number of amides is 4. The molecule has 16 nitrogen and oxygen atoms in total. The molecular formula is C34H28BaN6O10S2. The molecule has 0 aromatic heterocycles. The molecule has 2 aliphatic rings. The van der Waals surface area contributed by atoms with Crippen LogP contribution in [0.1, 0.15) is 44.7 Å². The van der Waals surface area contributed by atoms with Crippen LogP contribution >= 0.6 is 0 Å². The third-order valence-electron chi connectivity index (χ3n) is 7.37. The predicted octanol–water partition coefficient (Wildman–Crippen LogP) is 1.75. The molecule has 19 heteroatoms. The van der Waals surface area contributed by atoms with E-state index in [0.29, 0.717) is 13.1 Å². The Morgan fingerprint density at radius 2 is 0.887 bits per heavy atom. The number of nitrogens with zero attached hydrogens (tertiary/aromatic N) is 4. The van der Waals surface area contributed by atoms with Crippen LogP contribution in [0.2, 0.25) is 0 Å². The minimum absolute atomic E-state index is 0. The Balaban J connectivity index is 0.000000232. The molecule has 2 heterocycles. The number of carbonyl (C=O) groups is 4. The summed E-state index contributed by atoms with van der Waals surface area (Å²) < 4.78 is 65.4. The molecule has 0 atom stereocenters. The van der Waals surface area contributed by atoms with E-state index < -0.39 is 41.8 Å². The maximum absolute atomic E-state index is 12.2. The van der Waals surface area contributed by atoms with E-state index in [2.05, 4.69) is 20.8 Å². The summed E-state index contributed by atoms with van der Waals surface area (Å²) in [5.41, 5.74) is 2.11. The van der Waals surface area contributed by atoms with Gasteiger partial charge in [0.25, 0.3) is 23.6 Å². The molecule has 2 aliphatic heterocycles. The van der Waals surface area contributed by atoms with Gasteiger partial charge in [0, 0.05) is 11.1 Å². The number of carbonyl (C=O) groups excluding carboxylic acids is 4. The topological polar surface area (TPSA) is 238 Å². The van der Waals surface area contributed by atoms with Gasteiger partial charge in [-0.2, -0.15) is 10.2 Å². The number of hydrogen-bond donors (Lipinski definition) is 2. The van der Waals surface area contributed by atoms with E-state index >= 15 is 0 Å². The Bertz CT molecular complexity index is 2110. The Morgan fingerprint density at radius 1 is 0.566 bits per heavy atom. The van der Waals surface area contributed by atoms with Crippen molar-refractivity contribution >= 4 is 104 Å². The Hall–Kier alpha value is -4.51. The van der Waals surface area contributed by atoms with E-state index in [0.717, 1.165) is 35.4 Å². The van der Waals surface area contributed by atoms with Gasteiger partial charge >= 0.3 is 48.9 Å². The standard InChI is InChI=1S/2C17H15N3O5S.Ba/c2*21-16-10-15(19-20(16)11-12-4-2-1-3-5-12)18-17(22)13-6-8-14(9-7-13)26(23,24)25;/h2*1-9H,10-11H2,(H,18,19,22)(H,23,24,25);/q;;+2/p-2. The van der Waals surface area contributed by atoms with Crippen molar-refractivity contribution in [3.63, 3.8) is 0 Å². The molecule has 0 aliphatic carbocycles. The van der Waals surface area contributed by atoms with Crippen LogP contribution in [0.4, 0.5) is 0 Å². The summed E-state index contributed by atoms with van der Waals surface area (Å²) in [7, 11) is -9.14. The summed E-state index contributed by atoms with van der Waals surface area (Å²) in [5.74, 6) is -1.16. The minimum Gasteiger partial charge on any atom is -0.744 e. The molecule has 4 aromatic carbocycles. The molecule has 2 N–H and O–H groups in total. The van der Waals surface area contributed by atoms with E-state index in [9.17, 15) is 45.1 Å². The average Bonchev–Trinajstić information content (AvgIpc) is 3.63. The van der Waals surface area contributed by atoms with Gasteiger partial charge in [0.05, 0.1) is 35.7 Å². The maximum Gasteiger partial charge on any atom is 2.00 e. The first-order valence-corrected chi connectivity index (χ1v) is 18.1. The quantitative estimate of drug-likeness (QED) is 0.192. The molecule has 6 rings (SSSR count). The fourth-order valence-electron chi connectivity index (χ4n) is 4.79. The third kappa shape index (κ3) is 11.7. The summed E-state index contributed by atoms with van der Waals surface area (Å²) in [5, 5.41) is 15.8. The largest absolute Gasteiger partial charge is 2.00 e. The van der Waals surface area contributed by atoms with Crippen molar-refractivity contribution in [1.29, 1.82) is 0 Å². The first kappa shape index (κ1) is 41.3. The van der Waals surface area contributed by atoms with E-state index in [1.165, 1.54) is 34.3 Å². The molecular weight excluding hydrogens is 854 g/mol. The average molecular weight is 882 g/mol. The van der Waals surface area contributed by atoms with Crippen LogP contribution in [-0.2, 0) is 42.9 Å². The van der Waals surface area contributed by atoms with Crippen LogP contribution in [0.25, 0.3) is 0 Å². The molecule has 0 bridgehead atoms. The molecule has 53 heavy (non-hydrogen) atoms. The zero-order valence-corrected chi connectivity index (χ0v) is 33.7. The summed E-state index contributed by atoms with van der Waals surface area (Å²) in [6, 6.07) is 27.7. The van der Waals surface area contributed by atoms with Crippen molar-refractivity contribution in [2.24, 2.45) is 10.2 Å². The van der Waals surface area contributed by atoms with Gasteiger partial charge in [-0.1, -0.05) is 60.7 Å². The van der Waals surface area contributed by atoms with Crippen LogP contribution < -0.4 is 10.6 Å². The second-order valence-corrected chi connectivity index (χ2v) is 13.9. The van der Waals surface area contributed by atoms with E-state index in [4.69, 9.17) is 0 Å². The van der Waals surface area contributed by atoms with Gasteiger partial charge < -0.3 is 19.7 Å². The summed E-state index contributed by atoms with van der Waals surface area (Å²) in [6.45, 7) is 0.601. The van der Waals surface area contributed by atoms with E-state index in [1.54, 1.807) is 0 Å². The molecule has 268 valence electrons. The van der Waals surface area contributed by atoms with Gasteiger partial charge in [0.15, 0.2) is 0 Å². The Morgan fingerprint density at radius 3 is 1.19 bits per heavy atom. The first-order valence-electron chi connectivity index (χ1n) is 15.2. The molecule has 0 radical (unpaired) electrons. The van der Waals surface area contributed by atoms with Crippen molar-refractivity contribution in [3.05, 3.63) is 131 Å². The van der Waals surface area contributed by atoms with Gasteiger partial charge in [0.2, 0.25) is 0 Å². The molecule has 0 fully saturated rings. The van der Waals surface area contributed by atoms with Crippen molar-refractivity contribution in [2.45, 2.75) is 35.7 Å². The molecule has 0 saturated carbocycles. The second kappa shape index (κ2) is 18.0. The van der Waals surface area contributed by atoms with Gasteiger partial charge in [-0.25, -0.2) is 26.9 Å². The van der Waals surface area contributed by atoms with Crippen molar-refractivity contribution in [1.82, 2.24) is 20.7 Å². The second-order valence-electron chi connectivity index (χ2n) is 11.2. The number of amidine groups is 2. The Kier molecular flexibility index (Phi) is 14.0. The fraction of sp³-hybridized carbons (Fsp3) is 0.118. The van der Waals surface area contributed by atoms with Gasteiger partial charge in [-0.3, -0.25) is 19.2 Å². The minimum atomic E-state index is -4.57. The number of hydrogen-bond acceptors (Lipinski definition) is 12. The monoisotopic (exact) mass is 882 g/mol. The molecule has 0 saturated heterocycles. The Labute approximate surface area is 344 Å². The van der Waals surface area contributed by atoms with E-state index in [-0.39, 0.29) is 96.3 Å². The molecule has 0 unspecified atom stereocenters. The number of rotatable bonds is 8. The van der Waals surface area contributed by atoms with Gasteiger partial charge in [-0.05, 0) is 59.7 Å². The molecule has 4 aromatic rings. The third-order valence-corrected chi connectivity index (χ3v) is 9.07. The summed E-state index contributed by atoms with van der Waals surface area (Å²) >= 11 is 0. The van der Waals surface area contributed by atoms with Crippen LogP contribution in [0, 0.1) is 0 Å². The zero-order valence-electron chi connectivity index (χ0n) is 27.6. The van der Waals surface area contributed by atoms with E-state index in [1.807, 2.05) is 60.7 Å². The fourth-order valence-corrected chi connectivity index (χ4v) is 5.73. The van der Waals surface area contributed by atoms with Gasteiger partial charge in [0.1, 0.15) is 31.9 Å². The SMILES string of the molecule is O=C(NC1=NN(Cc2ccccc2)C(=O)C1)c1ccc(S(=O)(=O)[O-])cc1.O=C(NC1=NN(Cc2ccccc2)C(=O)C1)c1ccc(S(=O)(=O)[O-])cc1.[Ba+2]. The number of nitrogens with one attached hydrogen (secondary N) is 2. The zero-order chi connectivity index (χ0) is 37.5. The molecule has 4 amide bonds. The van der Waals surface area contributed by atoms with Gasteiger partial charge in [-0.15, -0.1) is 0 Å². The first-order chi connectivity index (χ1) is 24.7. The van der Waals surface area contributed by atoms with Crippen molar-refractivity contribution in [2.75, 3.05) is 0 Å². The maximum atomic E-state index is 12.2. The predicted molar refractivity (Wildman–Crippen MR) is 188 cm³/mol. The smallest absolute Gasteiger partial charge is 0.744 e. The van der Waals surface area contributed by atoms with Crippen molar-refractivity contribution < 1.29 is 45.1 Å². The van der Waals surface area contributed by atoms with Crippen LogP contribution in [0.3, 0.4) is 0 Å². The van der Waals surface area contributed by atoms with Crippen LogP contribution in [0.15, 0.2) is 129 Å². The normalized spacial score (nSPS) is 14.0. The van der Waals surface area contributed by atoms with Crippen LogP contribution in [-0.4, -0.2) is 120 Å². The molecule has 0 spiro atoms. The number of hydrazone groups is 2. The van der Waals surface area contributed by atoms with Crippen LogP contribution in [0.5, 0.6) is 0 Å².